The lowest BCUT2D eigenvalue weighted by Gasteiger charge is -2.17. The summed E-state index contributed by atoms with van der Waals surface area (Å²) in [5, 5.41) is 7.74. The maximum Gasteiger partial charge on any atom is 0.233 e. The van der Waals surface area contributed by atoms with E-state index in [1.54, 1.807) is 35.2 Å². The molecule has 2 aromatic rings. The van der Waals surface area contributed by atoms with E-state index < -0.39 is 9.84 Å². The van der Waals surface area contributed by atoms with Gasteiger partial charge in [0.2, 0.25) is 17.7 Å². The first-order chi connectivity index (χ1) is 13.0. The van der Waals surface area contributed by atoms with Gasteiger partial charge in [0, 0.05) is 31.5 Å². The zero-order valence-electron chi connectivity index (χ0n) is 14.9. The molecule has 0 radical (unpaired) electrons. The van der Waals surface area contributed by atoms with E-state index in [4.69, 9.17) is 9.47 Å². The Morgan fingerprint density at radius 1 is 1.15 bits per heavy atom. The number of methoxy groups -OCH3 is 1. The number of sulfone groups is 1. The second-order valence-electron chi connectivity index (χ2n) is 6.16. The van der Waals surface area contributed by atoms with Crippen molar-refractivity contribution in [1.29, 1.82) is 0 Å². The molecule has 1 fully saturated rings. The monoisotopic (exact) mass is 391 g/mol. The number of carbonyl (C=O) groups excluding carboxylic acids is 1. The molecule has 1 aliphatic heterocycles. The Morgan fingerprint density at radius 2 is 1.85 bits per heavy atom. The maximum atomic E-state index is 12.4. The number of nitrogens with zero attached hydrogens (tertiary/aromatic N) is 3. The molecule has 3 rings (SSSR count). The van der Waals surface area contributed by atoms with Gasteiger partial charge in [-0.25, -0.2) is 8.42 Å². The molecule has 144 valence electrons. The molecule has 1 unspecified atom stereocenters. The van der Waals surface area contributed by atoms with Crippen molar-refractivity contribution in [2.75, 3.05) is 26.0 Å². The van der Waals surface area contributed by atoms with Gasteiger partial charge in [-0.1, -0.05) is 18.2 Å². The average Bonchev–Trinajstić information content (AvgIpc) is 3.16. The molecule has 0 bridgehead atoms. The van der Waals surface area contributed by atoms with Crippen LogP contribution in [-0.4, -0.2) is 61.5 Å². The minimum atomic E-state index is -3.46. The third-order valence-electron chi connectivity index (χ3n) is 4.30. The topological polar surface area (TPSA) is 98.7 Å². The van der Waals surface area contributed by atoms with Crippen LogP contribution in [0.15, 0.2) is 47.4 Å². The molecule has 1 aromatic carbocycles. The number of benzene rings is 1. The minimum absolute atomic E-state index is 0.0493. The van der Waals surface area contributed by atoms with Crippen LogP contribution in [0.3, 0.4) is 0 Å². The van der Waals surface area contributed by atoms with Crippen molar-refractivity contribution < 1.29 is 22.7 Å². The van der Waals surface area contributed by atoms with Crippen LogP contribution in [0.25, 0.3) is 0 Å². The van der Waals surface area contributed by atoms with E-state index in [9.17, 15) is 13.2 Å². The lowest BCUT2D eigenvalue weighted by molar-refractivity contribution is -0.130. The summed E-state index contributed by atoms with van der Waals surface area (Å²) >= 11 is 0. The van der Waals surface area contributed by atoms with Crippen molar-refractivity contribution in [3.63, 3.8) is 0 Å². The number of likely N-dealkylation sites (tertiary alicyclic amines) is 1. The largest absolute Gasteiger partial charge is 0.480 e. The normalized spacial score (nSPS) is 16.9. The average molecular weight is 391 g/mol. The highest BCUT2D eigenvalue weighted by atomic mass is 32.2. The summed E-state index contributed by atoms with van der Waals surface area (Å²) in [6.45, 7) is 0.927. The molecule has 27 heavy (non-hydrogen) atoms. The Kier molecular flexibility index (Phi) is 5.90. The molecule has 0 aliphatic carbocycles. The van der Waals surface area contributed by atoms with Crippen LogP contribution in [-0.2, 0) is 14.6 Å². The molecule has 1 amide bonds. The highest BCUT2D eigenvalue weighted by molar-refractivity contribution is 7.91. The molecular weight excluding hydrogens is 370 g/mol. The van der Waals surface area contributed by atoms with Gasteiger partial charge >= 0.3 is 0 Å². The van der Waals surface area contributed by atoms with Crippen molar-refractivity contribution in [3.05, 3.63) is 42.5 Å². The maximum absolute atomic E-state index is 12.4. The standard InChI is InChI=1S/C18H21N3O5S/c1-25-16-7-8-17(20-19-16)26-14-9-11-21(13-14)18(22)10-12-27(23,24)15-5-3-2-4-6-15/h2-8,14H,9-13H2,1H3. The molecule has 1 saturated heterocycles. The number of rotatable bonds is 7. The van der Waals surface area contributed by atoms with E-state index in [1.165, 1.54) is 19.2 Å². The van der Waals surface area contributed by atoms with Crippen LogP contribution in [0.2, 0.25) is 0 Å². The van der Waals surface area contributed by atoms with Gasteiger partial charge in [0.05, 0.1) is 24.3 Å². The first-order valence-electron chi connectivity index (χ1n) is 8.58. The van der Waals surface area contributed by atoms with E-state index in [2.05, 4.69) is 10.2 Å². The molecule has 2 heterocycles. The van der Waals surface area contributed by atoms with E-state index in [-0.39, 0.29) is 29.1 Å². The fourth-order valence-electron chi connectivity index (χ4n) is 2.83. The predicted molar refractivity (Wildman–Crippen MR) is 97.3 cm³/mol. The van der Waals surface area contributed by atoms with Crippen LogP contribution in [0.1, 0.15) is 12.8 Å². The van der Waals surface area contributed by atoms with Crippen LogP contribution >= 0.6 is 0 Å². The Balaban J connectivity index is 1.50. The Bertz CT molecular complexity index is 872. The highest BCUT2D eigenvalue weighted by Gasteiger charge is 2.29. The van der Waals surface area contributed by atoms with Crippen molar-refractivity contribution >= 4 is 15.7 Å². The third-order valence-corrected chi connectivity index (χ3v) is 6.03. The van der Waals surface area contributed by atoms with Gasteiger partial charge in [0.25, 0.3) is 0 Å². The Hall–Kier alpha value is -2.68. The van der Waals surface area contributed by atoms with Gasteiger partial charge in [-0.2, -0.15) is 0 Å². The number of amides is 1. The number of aromatic nitrogens is 2. The van der Waals surface area contributed by atoms with Crippen LogP contribution < -0.4 is 9.47 Å². The number of hydrogen-bond donors (Lipinski definition) is 0. The molecule has 1 aliphatic rings. The zero-order chi connectivity index (χ0) is 19.3. The molecular formula is C18H21N3O5S. The second kappa shape index (κ2) is 8.34. The van der Waals surface area contributed by atoms with Gasteiger partial charge < -0.3 is 14.4 Å². The molecule has 1 aromatic heterocycles. The van der Waals surface area contributed by atoms with Crippen molar-refractivity contribution in [2.45, 2.75) is 23.8 Å². The van der Waals surface area contributed by atoms with E-state index in [0.29, 0.717) is 31.3 Å². The van der Waals surface area contributed by atoms with Gasteiger partial charge in [-0.05, 0) is 12.1 Å². The van der Waals surface area contributed by atoms with Gasteiger partial charge in [-0.15, -0.1) is 10.2 Å². The molecule has 8 nitrogen and oxygen atoms in total. The SMILES string of the molecule is COc1ccc(OC2CCN(C(=O)CCS(=O)(=O)c3ccccc3)C2)nn1. The predicted octanol–water partition coefficient (Wildman–Crippen LogP) is 1.33. The van der Waals surface area contributed by atoms with Crippen LogP contribution in [0.5, 0.6) is 11.8 Å². The number of ether oxygens (including phenoxy) is 2. The summed E-state index contributed by atoms with van der Waals surface area (Å²) in [6.07, 6.45) is 0.416. The van der Waals surface area contributed by atoms with Crippen molar-refractivity contribution in [3.8, 4) is 11.8 Å². The lowest BCUT2D eigenvalue weighted by Crippen LogP contribution is -2.32. The fraction of sp³-hybridized carbons (Fsp3) is 0.389. The minimum Gasteiger partial charge on any atom is -0.480 e. The van der Waals surface area contributed by atoms with Gasteiger partial charge in [0.15, 0.2) is 9.84 Å². The number of hydrogen-bond acceptors (Lipinski definition) is 7. The Morgan fingerprint density at radius 3 is 2.52 bits per heavy atom. The molecule has 9 heteroatoms. The summed E-state index contributed by atoms with van der Waals surface area (Å²) in [6, 6.07) is 11.5. The lowest BCUT2D eigenvalue weighted by atomic mass is 10.3. The summed E-state index contributed by atoms with van der Waals surface area (Å²) in [7, 11) is -1.96. The van der Waals surface area contributed by atoms with Gasteiger partial charge in [-0.3, -0.25) is 4.79 Å². The third kappa shape index (κ3) is 4.94. The molecule has 0 saturated carbocycles. The summed E-state index contributed by atoms with van der Waals surface area (Å²) in [5.41, 5.74) is 0. The van der Waals surface area contributed by atoms with Crippen LogP contribution in [0, 0.1) is 0 Å². The smallest absolute Gasteiger partial charge is 0.233 e. The number of carbonyl (C=O) groups is 1. The molecule has 1 atom stereocenters. The first kappa shape index (κ1) is 19.1. The van der Waals surface area contributed by atoms with Gasteiger partial charge in [0.1, 0.15) is 6.10 Å². The van der Waals surface area contributed by atoms with E-state index in [1.807, 2.05) is 0 Å². The molecule has 0 N–H and O–H groups in total. The first-order valence-corrected chi connectivity index (χ1v) is 10.2. The van der Waals surface area contributed by atoms with Crippen molar-refractivity contribution in [1.82, 2.24) is 15.1 Å². The molecule has 0 spiro atoms. The Labute approximate surface area is 158 Å². The quantitative estimate of drug-likeness (QED) is 0.702. The highest BCUT2D eigenvalue weighted by Crippen LogP contribution is 2.19. The van der Waals surface area contributed by atoms with Crippen molar-refractivity contribution in [2.24, 2.45) is 0 Å². The van der Waals surface area contributed by atoms with Crippen LogP contribution in [0.4, 0.5) is 0 Å². The zero-order valence-corrected chi connectivity index (χ0v) is 15.8. The summed E-state index contributed by atoms with van der Waals surface area (Å²) in [4.78, 5) is 14.2. The van der Waals surface area contributed by atoms with E-state index in [0.717, 1.165) is 0 Å². The summed E-state index contributed by atoms with van der Waals surface area (Å²) in [5.74, 6) is 0.357. The second-order valence-corrected chi connectivity index (χ2v) is 8.27. The fourth-order valence-corrected chi connectivity index (χ4v) is 4.08. The summed E-state index contributed by atoms with van der Waals surface area (Å²) < 4.78 is 35.2. The van der Waals surface area contributed by atoms with E-state index >= 15 is 0 Å².